The molecule has 1 amide bonds. The fraction of sp³-hybridized carbons (Fsp3) is 0.250. The summed E-state index contributed by atoms with van der Waals surface area (Å²) in [6.45, 7) is 4.41. The summed E-state index contributed by atoms with van der Waals surface area (Å²) in [5.74, 6) is -0.112. The van der Waals surface area contributed by atoms with Crippen LogP contribution < -0.4 is 5.32 Å². The molecule has 3 rings (SSSR count). The Bertz CT molecular complexity index is 911. The Kier molecular flexibility index (Phi) is 6.53. The monoisotopic (exact) mass is 400 g/mol. The molecule has 0 radical (unpaired) electrons. The molecule has 0 atom stereocenters. The number of carbonyl (C=O) groups is 1. The van der Waals surface area contributed by atoms with E-state index in [0.717, 1.165) is 17.0 Å². The highest BCUT2D eigenvalue weighted by Gasteiger charge is 2.15. The summed E-state index contributed by atoms with van der Waals surface area (Å²) in [5.41, 5.74) is 1.99. The van der Waals surface area contributed by atoms with Gasteiger partial charge in [-0.25, -0.2) is 4.68 Å². The van der Waals surface area contributed by atoms with Crippen LogP contribution >= 0.6 is 23.4 Å². The van der Waals surface area contributed by atoms with Crippen molar-refractivity contribution in [1.29, 1.82) is 0 Å². The van der Waals surface area contributed by atoms with Crippen molar-refractivity contribution in [2.45, 2.75) is 36.9 Å². The Labute approximate surface area is 168 Å². The van der Waals surface area contributed by atoms with Crippen LogP contribution in [0.5, 0.6) is 0 Å². The molecule has 1 N–H and O–H groups in total. The summed E-state index contributed by atoms with van der Waals surface area (Å²) < 4.78 is 1.81. The highest BCUT2D eigenvalue weighted by molar-refractivity contribution is 7.99. The lowest BCUT2D eigenvalue weighted by molar-refractivity contribution is -0.118. The Morgan fingerprint density at radius 3 is 2.59 bits per heavy atom. The lowest BCUT2D eigenvalue weighted by atomic mass is 10.2. The third kappa shape index (κ3) is 5.34. The van der Waals surface area contributed by atoms with E-state index in [1.807, 2.05) is 56.3 Å². The van der Waals surface area contributed by atoms with Crippen molar-refractivity contribution in [3.05, 3.63) is 65.4 Å². The topological polar surface area (TPSA) is 59.8 Å². The van der Waals surface area contributed by atoms with E-state index in [4.69, 9.17) is 11.6 Å². The second-order valence-electron chi connectivity index (χ2n) is 6.36. The summed E-state index contributed by atoms with van der Waals surface area (Å²) in [6.07, 6.45) is 0.833. The predicted octanol–water partition coefficient (Wildman–Crippen LogP) is 4.92. The maximum Gasteiger partial charge on any atom is 0.243 e. The summed E-state index contributed by atoms with van der Waals surface area (Å²) in [5, 5.41) is 8.18. The molecule has 2 aromatic carbocycles. The molecule has 0 aliphatic rings. The number of nitrogens with zero attached hydrogens (tertiary/aromatic N) is 3. The van der Waals surface area contributed by atoms with Gasteiger partial charge >= 0.3 is 0 Å². The first-order valence-corrected chi connectivity index (χ1v) is 9.94. The Hall–Kier alpha value is -2.31. The van der Waals surface area contributed by atoms with Gasteiger partial charge in [0.1, 0.15) is 0 Å². The van der Waals surface area contributed by atoms with Crippen molar-refractivity contribution < 1.29 is 4.79 Å². The van der Waals surface area contributed by atoms with Gasteiger partial charge < -0.3 is 5.32 Å². The Morgan fingerprint density at radius 2 is 1.85 bits per heavy atom. The number of carbonyl (C=O) groups excluding carboxylic acids is 1. The van der Waals surface area contributed by atoms with Crippen LogP contribution in [-0.2, 0) is 17.8 Å². The number of hydrogen-bond donors (Lipinski definition) is 1. The Morgan fingerprint density at radius 1 is 1.15 bits per heavy atom. The van der Waals surface area contributed by atoms with Crippen molar-refractivity contribution in [2.24, 2.45) is 5.92 Å². The number of aromatic nitrogens is 3. The molecule has 0 unspecified atom stereocenters. The van der Waals surface area contributed by atoms with Gasteiger partial charge in [-0.05, 0) is 47.5 Å². The van der Waals surface area contributed by atoms with Gasteiger partial charge in [-0.3, -0.25) is 4.79 Å². The van der Waals surface area contributed by atoms with Crippen LogP contribution in [0.25, 0.3) is 0 Å². The molecule has 0 saturated carbocycles. The van der Waals surface area contributed by atoms with Gasteiger partial charge in [0.25, 0.3) is 0 Å². The number of hydrogen-bond acceptors (Lipinski definition) is 4. The number of rotatable bonds is 7. The van der Waals surface area contributed by atoms with Gasteiger partial charge in [0.05, 0.1) is 5.69 Å². The first-order chi connectivity index (χ1) is 13.0. The van der Waals surface area contributed by atoms with Crippen molar-refractivity contribution in [3.63, 3.8) is 0 Å². The van der Waals surface area contributed by atoms with Crippen LogP contribution in [0.2, 0.25) is 5.28 Å². The van der Waals surface area contributed by atoms with E-state index < -0.39 is 0 Å². The van der Waals surface area contributed by atoms with Crippen molar-refractivity contribution in [1.82, 2.24) is 14.8 Å². The summed E-state index contributed by atoms with van der Waals surface area (Å²) in [4.78, 5) is 17.3. The number of benzene rings is 2. The lowest BCUT2D eigenvalue weighted by Gasteiger charge is -2.12. The SMILES string of the molecule is CC(C)C(=O)Nc1ccccc1Sc1nc(Cl)nn1CCc1ccccc1. The van der Waals surface area contributed by atoms with Gasteiger partial charge in [-0.1, -0.05) is 56.3 Å². The van der Waals surface area contributed by atoms with Crippen LogP contribution in [-0.4, -0.2) is 20.7 Å². The molecule has 0 aliphatic heterocycles. The first kappa shape index (κ1) is 19.5. The third-order valence-electron chi connectivity index (χ3n) is 3.94. The molecule has 0 fully saturated rings. The average molecular weight is 401 g/mol. The second-order valence-corrected chi connectivity index (χ2v) is 7.71. The van der Waals surface area contributed by atoms with Gasteiger partial charge in [0.15, 0.2) is 5.16 Å². The largest absolute Gasteiger partial charge is 0.325 e. The number of aryl methyl sites for hydroxylation is 2. The Balaban J connectivity index is 1.77. The highest BCUT2D eigenvalue weighted by atomic mass is 35.5. The van der Waals surface area contributed by atoms with E-state index in [0.29, 0.717) is 11.7 Å². The molecule has 0 aliphatic carbocycles. The number of nitrogens with one attached hydrogen (secondary N) is 1. The quantitative estimate of drug-likeness (QED) is 0.611. The van der Waals surface area contributed by atoms with Crippen LogP contribution in [0.4, 0.5) is 5.69 Å². The molecule has 140 valence electrons. The fourth-order valence-electron chi connectivity index (χ4n) is 2.44. The maximum atomic E-state index is 12.1. The third-order valence-corrected chi connectivity index (χ3v) is 5.16. The smallest absolute Gasteiger partial charge is 0.243 e. The molecule has 0 saturated heterocycles. The van der Waals surface area contributed by atoms with Gasteiger partial charge in [0, 0.05) is 17.4 Å². The van der Waals surface area contributed by atoms with Crippen molar-refractivity contribution in [2.75, 3.05) is 5.32 Å². The molecule has 7 heteroatoms. The first-order valence-electron chi connectivity index (χ1n) is 8.75. The van der Waals surface area contributed by atoms with E-state index in [-0.39, 0.29) is 17.1 Å². The fourth-order valence-corrected chi connectivity index (χ4v) is 3.60. The normalized spacial score (nSPS) is 11.0. The van der Waals surface area contributed by atoms with E-state index in [2.05, 4.69) is 27.5 Å². The molecular weight excluding hydrogens is 380 g/mol. The van der Waals surface area contributed by atoms with Crippen LogP contribution in [0, 0.1) is 5.92 Å². The molecule has 0 bridgehead atoms. The zero-order chi connectivity index (χ0) is 19.2. The predicted molar refractivity (Wildman–Crippen MR) is 109 cm³/mol. The van der Waals surface area contributed by atoms with Gasteiger partial charge in [-0.2, -0.15) is 4.98 Å². The lowest BCUT2D eigenvalue weighted by Crippen LogP contribution is -2.18. The van der Waals surface area contributed by atoms with Gasteiger partial charge in [-0.15, -0.1) is 5.10 Å². The van der Waals surface area contributed by atoms with Crippen molar-refractivity contribution in [3.8, 4) is 0 Å². The molecule has 1 aromatic heterocycles. The summed E-state index contributed by atoms with van der Waals surface area (Å²) in [7, 11) is 0. The zero-order valence-corrected chi connectivity index (χ0v) is 16.8. The summed E-state index contributed by atoms with van der Waals surface area (Å²) >= 11 is 7.49. The number of anilines is 1. The van der Waals surface area contributed by atoms with Crippen LogP contribution in [0.15, 0.2) is 64.6 Å². The minimum Gasteiger partial charge on any atom is -0.325 e. The molecule has 3 aromatic rings. The van der Waals surface area contributed by atoms with E-state index in [9.17, 15) is 4.79 Å². The van der Waals surface area contributed by atoms with E-state index in [1.165, 1.54) is 17.3 Å². The molecule has 0 spiro atoms. The standard InChI is InChI=1S/C20H21ClN4OS/c1-14(2)18(26)22-16-10-6-7-11-17(16)27-20-23-19(21)24-25(20)13-12-15-8-4-3-5-9-15/h3-11,14H,12-13H2,1-2H3,(H,22,26). The highest BCUT2D eigenvalue weighted by Crippen LogP contribution is 2.33. The molecule has 5 nitrogen and oxygen atoms in total. The zero-order valence-electron chi connectivity index (χ0n) is 15.2. The van der Waals surface area contributed by atoms with Crippen LogP contribution in [0.3, 0.4) is 0 Å². The minimum atomic E-state index is -0.0907. The van der Waals surface area contributed by atoms with Gasteiger partial charge in [0.2, 0.25) is 11.2 Å². The summed E-state index contributed by atoms with van der Waals surface area (Å²) in [6, 6.07) is 17.9. The second kappa shape index (κ2) is 9.06. The maximum absolute atomic E-state index is 12.1. The minimum absolute atomic E-state index is 0.0216. The molecular formula is C20H21ClN4OS. The number of halogens is 1. The average Bonchev–Trinajstić information content (AvgIpc) is 3.01. The van der Waals surface area contributed by atoms with E-state index in [1.54, 1.807) is 4.68 Å². The molecule has 27 heavy (non-hydrogen) atoms. The number of amides is 1. The molecule has 1 heterocycles. The van der Waals surface area contributed by atoms with Crippen molar-refractivity contribution >= 4 is 35.0 Å². The number of para-hydroxylation sites is 1. The van der Waals surface area contributed by atoms with Crippen LogP contribution in [0.1, 0.15) is 19.4 Å². The van der Waals surface area contributed by atoms with E-state index >= 15 is 0 Å².